The molecule has 0 aliphatic carbocycles. The van der Waals surface area contributed by atoms with E-state index in [1.165, 1.54) is 6.26 Å². The van der Waals surface area contributed by atoms with Gasteiger partial charge in [0.05, 0.1) is 6.26 Å². The maximum absolute atomic E-state index is 12.5. The lowest BCUT2D eigenvalue weighted by atomic mass is 10.1. The van der Waals surface area contributed by atoms with Gasteiger partial charge in [0, 0.05) is 30.4 Å². The topological polar surface area (TPSA) is 88.6 Å². The fourth-order valence-corrected chi connectivity index (χ4v) is 2.64. The first-order valence-corrected chi connectivity index (χ1v) is 7.55. The molecular formula is C17H19N3O3. The van der Waals surface area contributed by atoms with Gasteiger partial charge in [0.15, 0.2) is 5.76 Å². The van der Waals surface area contributed by atoms with Crippen molar-refractivity contribution >= 4 is 17.5 Å². The molecule has 1 aromatic heterocycles. The van der Waals surface area contributed by atoms with Crippen LogP contribution in [-0.4, -0.2) is 35.8 Å². The van der Waals surface area contributed by atoms with Crippen LogP contribution in [0.25, 0.3) is 0 Å². The van der Waals surface area contributed by atoms with Crippen LogP contribution in [0.3, 0.4) is 0 Å². The van der Waals surface area contributed by atoms with Crippen molar-refractivity contribution in [3.63, 3.8) is 0 Å². The molecule has 0 unspecified atom stereocenters. The summed E-state index contributed by atoms with van der Waals surface area (Å²) in [7, 11) is 0. The Morgan fingerprint density at radius 3 is 2.83 bits per heavy atom. The molecule has 0 bridgehead atoms. The Bertz CT molecular complexity index is 725. The smallest absolute Gasteiger partial charge is 0.291 e. The number of hydrogen-bond acceptors (Lipinski definition) is 4. The lowest BCUT2D eigenvalue weighted by Gasteiger charge is -2.17. The molecule has 2 aromatic rings. The summed E-state index contributed by atoms with van der Waals surface area (Å²) in [4.78, 5) is 26.3. The number of nitrogens with one attached hydrogen (secondary N) is 1. The highest BCUT2D eigenvalue weighted by atomic mass is 16.3. The second kappa shape index (κ2) is 6.26. The van der Waals surface area contributed by atoms with E-state index in [0.29, 0.717) is 24.3 Å². The molecular weight excluding hydrogens is 294 g/mol. The quantitative estimate of drug-likeness (QED) is 0.907. The van der Waals surface area contributed by atoms with Crippen molar-refractivity contribution in [3.8, 4) is 0 Å². The fraction of sp³-hybridized carbons (Fsp3) is 0.294. The molecule has 0 spiro atoms. The Morgan fingerprint density at radius 1 is 1.35 bits per heavy atom. The highest BCUT2D eigenvalue weighted by Gasteiger charge is 2.25. The van der Waals surface area contributed by atoms with Gasteiger partial charge in [-0.3, -0.25) is 9.59 Å². The molecule has 1 aliphatic heterocycles. The van der Waals surface area contributed by atoms with Crippen LogP contribution in [0.2, 0.25) is 0 Å². The second-order valence-electron chi connectivity index (χ2n) is 5.76. The van der Waals surface area contributed by atoms with Crippen molar-refractivity contribution in [1.29, 1.82) is 0 Å². The van der Waals surface area contributed by atoms with Crippen LogP contribution >= 0.6 is 0 Å². The normalized spacial score (nSPS) is 17.3. The van der Waals surface area contributed by atoms with Crippen LogP contribution in [0.5, 0.6) is 0 Å². The van der Waals surface area contributed by atoms with Gasteiger partial charge in [-0.05, 0) is 43.2 Å². The molecule has 2 amide bonds. The zero-order valence-corrected chi connectivity index (χ0v) is 12.9. The van der Waals surface area contributed by atoms with Gasteiger partial charge in [0.25, 0.3) is 11.8 Å². The minimum absolute atomic E-state index is 0.0440. The zero-order chi connectivity index (χ0) is 16.4. The predicted molar refractivity (Wildman–Crippen MR) is 86.3 cm³/mol. The van der Waals surface area contributed by atoms with E-state index >= 15 is 0 Å². The highest BCUT2D eigenvalue weighted by molar-refractivity contribution is 6.04. The van der Waals surface area contributed by atoms with Crippen molar-refractivity contribution in [2.45, 2.75) is 19.4 Å². The van der Waals surface area contributed by atoms with Crippen LogP contribution in [0.15, 0.2) is 41.0 Å². The minimum atomic E-state index is -0.342. The summed E-state index contributed by atoms with van der Waals surface area (Å²) in [6.45, 7) is 3.11. The maximum Gasteiger partial charge on any atom is 0.291 e. The van der Waals surface area contributed by atoms with Crippen LogP contribution in [0.4, 0.5) is 5.69 Å². The largest absolute Gasteiger partial charge is 0.459 e. The number of benzene rings is 1. The molecule has 1 aliphatic rings. The first-order chi connectivity index (χ1) is 11.0. The van der Waals surface area contributed by atoms with E-state index in [4.69, 9.17) is 10.2 Å². The van der Waals surface area contributed by atoms with E-state index < -0.39 is 0 Å². The Labute approximate surface area is 134 Å². The van der Waals surface area contributed by atoms with Gasteiger partial charge in [-0.25, -0.2) is 0 Å². The van der Waals surface area contributed by atoms with Crippen LogP contribution in [0.1, 0.15) is 32.9 Å². The van der Waals surface area contributed by atoms with E-state index in [1.807, 2.05) is 13.0 Å². The molecule has 0 saturated carbocycles. The van der Waals surface area contributed by atoms with Crippen LogP contribution in [-0.2, 0) is 0 Å². The summed E-state index contributed by atoms with van der Waals surface area (Å²) in [6, 6.07) is 8.57. The zero-order valence-electron chi connectivity index (χ0n) is 12.9. The number of aryl methyl sites for hydroxylation is 1. The van der Waals surface area contributed by atoms with Crippen molar-refractivity contribution < 1.29 is 14.0 Å². The molecule has 3 N–H and O–H groups in total. The number of nitrogens with zero attached hydrogens (tertiary/aromatic N) is 1. The number of furan rings is 1. The summed E-state index contributed by atoms with van der Waals surface area (Å²) >= 11 is 0. The average Bonchev–Trinajstić information content (AvgIpc) is 3.20. The molecule has 6 nitrogen and oxygen atoms in total. The summed E-state index contributed by atoms with van der Waals surface area (Å²) in [5, 5.41) is 2.78. The second-order valence-corrected chi connectivity index (χ2v) is 5.76. The molecule has 1 atom stereocenters. The summed E-state index contributed by atoms with van der Waals surface area (Å²) in [6.07, 6.45) is 2.26. The molecule has 1 aromatic carbocycles. The van der Waals surface area contributed by atoms with E-state index in [1.54, 1.807) is 29.2 Å². The van der Waals surface area contributed by atoms with Gasteiger partial charge >= 0.3 is 0 Å². The van der Waals surface area contributed by atoms with Crippen molar-refractivity contribution in [2.24, 2.45) is 5.73 Å². The monoisotopic (exact) mass is 313 g/mol. The van der Waals surface area contributed by atoms with Crippen LogP contribution in [0, 0.1) is 6.92 Å². The van der Waals surface area contributed by atoms with Gasteiger partial charge in [-0.15, -0.1) is 0 Å². The average molecular weight is 313 g/mol. The molecule has 0 radical (unpaired) electrons. The van der Waals surface area contributed by atoms with Gasteiger partial charge < -0.3 is 20.4 Å². The molecule has 6 heteroatoms. The Kier molecular flexibility index (Phi) is 4.16. The third-order valence-electron chi connectivity index (χ3n) is 3.99. The number of likely N-dealkylation sites (tertiary alicyclic amines) is 1. The third kappa shape index (κ3) is 3.27. The van der Waals surface area contributed by atoms with Crippen molar-refractivity contribution in [2.75, 3.05) is 18.4 Å². The Hall–Kier alpha value is -2.60. The summed E-state index contributed by atoms with van der Waals surface area (Å²) in [5.74, 6) is -0.177. The Balaban J connectivity index is 1.79. The predicted octanol–water partition coefficient (Wildman–Crippen LogP) is 2.01. The number of carbonyl (C=O) groups is 2. The molecule has 1 fully saturated rings. The summed E-state index contributed by atoms with van der Waals surface area (Å²) in [5.41, 5.74) is 7.87. The van der Waals surface area contributed by atoms with E-state index in [-0.39, 0.29) is 23.6 Å². The third-order valence-corrected chi connectivity index (χ3v) is 3.99. The summed E-state index contributed by atoms with van der Waals surface area (Å²) < 4.78 is 5.08. The van der Waals surface area contributed by atoms with Gasteiger partial charge in [-0.1, -0.05) is 6.07 Å². The van der Waals surface area contributed by atoms with Crippen LogP contribution < -0.4 is 11.1 Å². The number of nitrogens with two attached hydrogens (primary N) is 1. The highest BCUT2D eigenvalue weighted by Crippen LogP contribution is 2.20. The first kappa shape index (κ1) is 15.3. The first-order valence-electron chi connectivity index (χ1n) is 7.55. The van der Waals surface area contributed by atoms with E-state index in [9.17, 15) is 9.59 Å². The molecule has 120 valence electrons. The molecule has 23 heavy (non-hydrogen) atoms. The molecule has 2 heterocycles. The number of amides is 2. The number of hydrogen-bond donors (Lipinski definition) is 2. The Morgan fingerprint density at radius 2 is 2.17 bits per heavy atom. The van der Waals surface area contributed by atoms with Gasteiger partial charge in [-0.2, -0.15) is 0 Å². The SMILES string of the molecule is Cc1ccc(C(=O)N2CC[C@@H](N)C2)cc1NC(=O)c1ccco1. The molecule has 3 rings (SSSR count). The van der Waals surface area contributed by atoms with Crippen molar-refractivity contribution in [1.82, 2.24) is 4.90 Å². The van der Waals surface area contributed by atoms with Crippen molar-refractivity contribution in [3.05, 3.63) is 53.5 Å². The lowest BCUT2D eigenvalue weighted by molar-refractivity contribution is 0.0790. The lowest BCUT2D eigenvalue weighted by Crippen LogP contribution is -2.31. The maximum atomic E-state index is 12.5. The van der Waals surface area contributed by atoms with E-state index in [2.05, 4.69) is 5.32 Å². The standard InChI is InChI=1S/C17H19N3O3/c1-11-4-5-12(17(22)20-7-6-13(18)10-20)9-14(11)19-16(21)15-3-2-8-23-15/h2-5,8-9,13H,6-7,10,18H2,1H3,(H,19,21)/t13-/m1/s1. The van der Waals surface area contributed by atoms with Gasteiger partial charge in [0.1, 0.15) is 0 Å². The number of anilines is 1. The minimum Gasteiger partial charge on any atom is -0.459 e. The molecule has 1 saturated heterocycles. The van der Waals surface area contributed by atoms with E-state index in [0.717, 1.165) is 12.0 Å². The number of carbonyl (C=O) groups excluding carboxylic acids is 2. The number of rotatable bonds is 3. The van der Waals surface area contributed by atoms with Gasteiger partial charge in [0.2, 0.25) is 0 Å². The fourth-order valence-electron chi connectivity index (χ4n) is 2.64.